The van der Waals surface area contributed by atoms with Crippen LogP contribution in [0.3, 0.4) is 0 Å². The molecule has 4 N–H and O–H groups in total. The van der Waals surface area contributed by atoms with Crippen molar-refractivity contribution in [2.24, 2.45) is 5.73 Å². The lowest BCUT2D eigenvalue weighted by Gasteiger charge is -2.11. The molecule has 1 amide bonds. The molecular formula is C13H13BrN4O2. The van der Waals surface area contributed by atoms with Crippen molar-refractivity contribution >= 4 is 27.7 Å². The minimum Gasteiger partial charge on any atom is -0.508 e. The summed E-state index contributed by atoms with van der Waals surface area (Å²) in [5, 5.41) is 11.8. The fraction of sp³-hybridized carbons (Fsp3) is 0.154. The van der Waals surface area contributed by atoms with Crippen molar-refractivity contribution in [3.05, 3.63) is 46.8 Å². The summed E-state index contributed by atoms with van der Waals surface area (Å²) >= 11 is 3.16. The van der Waals surface area contributed by atoms with E-state index in [1.54, 1.807) is 24.3 Å². The van der Waals surface area contributed by atoms with Crippen molar-refractivity contribution in [3.63, 3.8) is 0 Å². The molecule has 0 aliphatic carbocycles. The van der Waals surface area contributed by atoms with E-state index in [0.717, 1.165) is 5.56 Å². The number of benzene rings is 1. The van der Waals surface area contributed by atoms with E-state index in [9.17, 15) is 9.90 Å². The standard InChI is InChI=1S/C13H13BrN4O2/c14-11-6-17-12(7-16-11)18-13(20)10(15)5-8-1-3-9(19)4-2-8/h1-4,6-7,10,19H,5,15H2,(H,17,18,20). The summed E-state index contributed by atoms with van der Waals surface area (Å²) in [6.07, 6.45) is 3.30. The lowest BCUT2D eigenvalue weighted by molar-refractivity contribution is -0.117. The molecule has 0 saturated heterocycles. The third-order valence-electron chi connectivity index (χ3n) is 2.60. The number of phenolic OH excluding ortho intramolecular Hbond substituents is 1. The number of nitrogens with one attached hydrogen (secondary N) is 1. The van der Waals surface area contributed by atoms with E-state index in [1.165, 1.54) is 12.4 Å². The Morgan fingerprint density at radius 2 is 2.00 bits per heavy atom. The highest BCUT2D eigenvalue weighted by atomic mass is 79.9. The molecule has 6 nitrogen and oxygen atoms in total. The number of carbonyl (C=O) groups excluding carboxylic acids is 1. The smallest absolute Gasteiger partial charge is 0.242 e. The van der Waals surface area contributed by atoms with E-state index in [1.807, 2.05) is 0 Å². The zero-order chi connectivity index (χ0) is 14.5. The van der Waals surface area contributed by atoms with E-state index in [0.29, 0.717) is 16.8 Å². The Hall–Kier alpha value is -1.99. The Morgan fingerprint density at radius 1 is 1.30 bits per heavy atom. The molecule has 1 aromatic heterocycles. The number of halogens is 1. The van der Waals surface area contributed by atoms with E-state index < -0.39 is 6.04 Å². The summed E-state index contributed by atoms with van der Waals surface area (Å²) in [4.78, 5) is 19.8. The summed E-state index contributed by atoms with van der Waals surface area (Å²) in [5.41, 5.74) is 6.70. The fourth-order valence-electron chi connectivity index (χ4n) is 1.57. The van der Waals surface area contributed by atoms with Gasteiger partial charge in [0.2, 0.25) is 5.91 Å². The van der Waals surface area contributed by atoms with Gasteiger partial charge in [-0.05, 0) is 40.0 Å². The Bertz CT molecular complexity index is 586. The third-order valence-corrected chi connectivity index (χ3v) is 3.01. The van der Waals surface area contributed by atoms with Gasteiger partial charge >= 0.3 is 0 Å². The molecule has 1 aromatic carbocycles. The molecule has 1 unspecified atom stereocenters. The van der Waals surface area contributed by atoms with Crippen molar-refractivity contribution in [1.29, 1.82) is 0 Å². The van der Waals surface area contributed by atoms with Crippen LogP contribution in [0.4, 0.5) is 5.82 Å². The maximum atomic E-state index is 11.9. The van der Waals surface area contributed by atoms with Gasteiger partial charge in [-0.15, -0.1) is 0 Å². The molecule has 0 aliphatic heterocycles. The molecule has 0 aliphatic rings. The van der Waals surface area contributed by atoms with Gasteiger partial charge < -0.3 is 16.2 Å². The monoisotopic (exact) mass is 336 g/mol. The zero-order valence-corrected chi connectivity index (χ0v) is 12.0. The number of hydrogen-bond donors (Lipinski definition) is 3. The van der Waals surface area contributed by atoms with Crippen LogP contribution in [-0.4, -0.2) is 27.0 Å². The second-order valence-corrected chi connectivity index (χ2v) is 5.00. The molecule has 0 radical (unpaired) electrons. The predicted molar refractivity (Wildman–Crippen MR) is 78.1 cm³/mol. The van der Waals surface area contributed by atoms with Gasteiger partial charge in [0.05, 0.1) is 18.4 Å². The molecule has 2 aromatic rings. The van der Waals surface area contributed by atoms with E-state index in [4.69, 9.17) is 5.73 Å². The van der Waals surface area contributed by atoms with Crippen molar-refractivity contribution in [1.82, 2.24) is 9.97 Å². The molecular weight excluding hydrogens is 324 g/mol. The normalized spacial score (nSPS) is 11.9. The van der Waals surface area contributed by atoms with Crippen molar-refractivity contribution in [3.8, 4) is 5.75 Å². The lowest BCUT2D eigenvalue weighted by atomic mass is 10.1. The third kappa shape index (κ3) is 4.01. The summed E-state index contributed by atoms with van der Waals surface area (Å²) in [7, 11) is 0. The topological polar surface area (TPSA) is 101 Å². The van der Waals surface area contributed by atoms with Gasteiger partial charge in [0.25, 0.3) is 0 Å². The maximum absolute atomic E-state index is 11.9. The highest BCUT2D eigenvalue weighted by Gasteiger charge is 2.15. The number of phenols is 1. The van der Waals surface area contributed by atoms with Crippen LogP contribution in [0.1, 0.15) is 5.56 Å². The van der Waals surface area contributed by atoms with Crippen LogP contribution in [0.25, 0.3) is 0 Å². The first-order valence-corrected chi connectivity index (χ1v) is 6.66. The largest absolute Gasteiger partial charge is 0.508 e. The van der Waals surface area contributed by atoms with E-state index in [-0.39, 0.29) is 11.7 Å². The Morgan fingerprint density at radius 3 is 2.60 bits per heavy atom. The Kier molecular flexibility index (Phi) is 4.65. The summed E-state index contributed by atoms with van der Waals surface area (Å²) in [6, 6.07) is 5.86. The molecule has 104 valence electrons. The first-order valence-electron chi connectivity index (χ1n) is 5.86. The summed E-state index contributed by atoms with van der Waals surface area (Å²) < 4.78 is 0.587. The lowest BCUT2D eigenvalue weighted by Crippen LogP contribution is -2.37. The number of anilines is 1. The minimum atomic E-state index is -0.704. The van der Waals surface area contributed by atoms with Crippen LogP contribution in [0.2, 0.25) is 0 Å². The molecule has 1 atom stereocenters. The molecule has 0 fully saturated rings. The number of rotatable bonds is 4. The van der Waals surface area contributed by atoms with Gasteiger partial charge in [-0.2, -0.15) is 0 Å². The fourth-order valence-corrected chi connectivity index (χ4v) is 1.78. The van der Waals surface area contributed by atoms with Gasteiger partial charge in [0.1, 0.15) is 10.4 Å². The predicted octanol–water partition coefficient (Wildman–Crippen LogP) is 1.45. The van der Waals surface area contributed by atoms with Crippen molar-refractivity contribution in [2.75, 3.05) is 5.32 Å². The number of carbonyl (C=O) groups is 1. The SMILES string of the molecule is NC(Cc1ccc(O)cc1)C(=O)Nc1cnc(Br)cn1. The summed E-state index contributed by atoms with van der Waals surface area (Å²) in [6.45, 7) is 0. The first-order chi connectivity index (χ1) is 9.54. The van der Waals surface area contributed by atoms with Crippen LogP contribution in [0.5, 0.6) is 5.75 Å². The van der Waals surface area contributed by atoms with Crippen LogP contribution < -0.4 is 11.1 Å². The maximum Gasteiger partial charge on any atom is 0.242 e. The number of hydrogen-bond acceptors (Lipinski definition) is 5. The number of nitrogens with two attached hydrogens (primary N) is 1. The van der Waals surface area contributed by atoms with Gasteiger partial charge in [-0.25, -0.2) is 9.97 Å². The van der Waals surface area contributed by atoms with Gasteiger partial charge in [0, 0.05) is 0 Å². The van der Waals surface area contributed by atoms with Crippen molar-refractivity contribution < 1.29 is 9.90 Å². The van der Waals surface area contributed by atoms with Crippen LogP contribution in [0, 0.1) is 0 Å². The molecule has 2 rings (SSSR count). The molecule has 7 heteroatoms. The zero-order valence-electron chi connectivity index (χ0n) is 10.5. The average Bonchev–Trinajstić information content (AvgIpc) is 2.44. The molecule has 1 heterocycles. The van der Waals surface area contributed by atoms with Crippen LogP contribution in [-0.2, 0) is 11.2 Å². The highest BCUT2D eigenvalue weighted by molar-refractivity contribution is 9.10. The second kappa shape index (κ2) is 6.44. The quantitative estimate of drug-likeness (QED) is 0.784. The number of nitrogens with zero attached hydrogens (tertiary/aromatic N) is 2. The van der Waals surface area contributed by atoms with Crippen LogP contribution in [0.15, 0.2) is 41.3 Å². The van der Waals surface area contributed by atoms with Gasteiger partial charge in [0.15, 0.2) is 5.82 Å². The average molecular weight is 337 g/mol. The number of aromatic nitrogens is 2. The molecule has 0 saturated carbocycles. The van der Waals surface area contributed by atoms with Crippen LogP contribution >= 0.6 is 15.9 Å². The Balaban J connectivity index is 1.94. The molecule has 0 spiro atoms. The first kappa shape index (κ1) is 14.4. The van der Waals surface area contributed by atoms with E-state index in [2.05, 4.69) is 31.2 Å². The minimum absolute atomic E-state index is 0.178. The second-order valence-electron chi connectivity index (χ2n) is 4.19. The highest BCUT2D eigenvalue weighted by Crippen LogP contribution is 2.11. The van der Waals surface area contributed by atoms with E-state index >= 15 is 0 Å². The summed E-state index contributed by atoms with van der Waals surface area (Å²) in [5.74, 6) is 0.186. The van der Waals surface area contributed by atoms with Gasteiger partial charge in [-0.3, -0.25) is 4.79 Å². The number of aromatic hydroxyl groups is 1. The van der Waals surface area contributed by atoms with Gasteiger partial charge in [-0.1, -0.05) is 12.1 Å². The molecule has 0 bridgehead atoms. The Labute approximate surface area is 124 Å². The number of amides is 1. The molecule has 20 heavy (non-hydrogen) atoms. The van der Waals surface area contributed by atoms with Crippen molar-refractivity contribution in [2.45, 2.75) is 12.5 Å².